The van der Waals surface area contributed by atoms with E-state index in [-0.39, 0.29) is 5.92 Å². The van der Waals surface area contributed by atoms with Crippen LogP contribution in [0.3, 0.4) is 0 Å². The van der Waals surface area contributed by atoms with Crippen LogP contribution in [0.4, 0.5) is 8.78 Å². The SMILES string of the molecule is O=C(c1c(F)cccc1F)N1CCC([C@H](O)CCc2ccccc2)CC1. The number of piperidine rings is 1. The lowest BCUT2D eigenvalue weighted by atomic mass is 9.88. The fourth-order valence-corrected chi connectivity index (χ4v) is 3.54. The maximum atomic E-state index is 13.8. The zero-order valence-corrected chi connectivity index (χ0v) is 14.6. The summed E-state index contributed by atoms with van der Waals surface area (Å²) >= 11 is 0. The first-order valence-corrected chi connectivity index (χ1v) is 9.01. The second kappa shape index (κ2) is 8.41. The molecule has 5 heteroatoms. The van der Waals surface area contributed by atoms with Crippen LogP contribution in [0.2, 0.25) is 0 Å². The Morgan fingerprint density at radius 1 is 1.04 bits per heavy atom. The number of likely N-dealkylation sites (tertiary alicyclic amines) is 1. The zero-order valence-electron chi connectivity index (χ0n) is 14.6. The van der Waals surface area contributed by atoms with Crippen LogP contribution in [0, 0.1) is 17.6 Å². The first kappa shape index (κ1) is 18.5. The van der Waals surface area contributed by atoms with Gasteiger partial charge in [-0.1, -0.05) is 36.4 Å². The lowest BCUT2D eigenvalue weighted by Gasteiger charge is -2.34. The number of hydrogen-bond acceptors (Lipinski definition) is 2. The lowest BCUT2D eigenvalue weighted by molar-refractivity contribution is 0.0431. The first-order valence-electron chi connectivity index (χ1n) is 9.01. The molecule has 3 nitrogen and oxygen atoms in total. The van der Waals surface area contributed by atoms with E-state index in [0.717, 1.165) is 18.6 Å². The topological polar surface area (TPSA) is 40.5 Å². The highest BCUT2D eigenvalue weighted by atomic mass is 19.1. The van der Waals surface area contributed by atoms with Crippen molar-refractivity contribution in [2.75, 3.05) is 13.1 Å². The van der Waals surface area contributed by atoms with Gasteiger partial charge in [-0.2, -0.15) is 0 Å². The second-order valence-electron chi connectivity index (χ2n) is 6.82. The molecule has 2 aromatic carbocycles. The van der Waals surface area contributed by atoms with Crippen LogP contribution in [0.1, 0.15) is 35.2 Å². The number of carbonyl (C=O) groups is 1. The minimum Gasteiger partial charge on any atom is -0.393 e. The molecule has 1 saturated heterocycles. The highest BCUT2D eigenvalue weighted by molar-refractivity contribution is 5.94. The summed E-state index contributed by atoms with van der Waals surface area (Å²) in [5.74, 6) is -2.17. The Labute approximate surface area is 152 Å². The number of rotatable bonds is 5. The Bertz CT molecular complexity index is 723. The molecule has 1 atom stereocenters. The molecule has 138 valence electrons. The van der Waals surface area contributed by atoms with Gasteiger partial charge in [-0.05, 0) is 49.3 Å². The van der Waals surface area contributed by atoms with Gasteiger partial charge >= 0.3 is 0 Å². The number of aryl methyl sites for hydroxylation is 1. The third-order valence-electron chi connectivity index (χ3n) is 5.12. The molecule has 0 saturated carbocycles. The summed E-state index contributed by atoms with van der Waals surface area (Å²) in [6.45, 7) is 0.805. The molecular weight excluding hydrogens is 336 g/mol. The molecule has 1 amide bonds. The van der Waals surface area contributed by atoms with Gasteiger partial charge < -0.3 is 10.0 Å². The maximum absolute atomic E-state index is 13.8. The van der Waals surface area contributed by atoms with Gasteiger partial charge in [0.1, 0.15) is 17.2 Å². The van der Waals surface area contributed by atoms with Crippen molar-refractivity contribution in [3.8, 4) is 0 Å². The van der Waals surface area contributed by atoms with E-state index < -0.39 is 29.2 Å². The minimum absolute atomic E-state index is 0.105. The summed E-state index contributed by atoms with van der Waals surface area (Å²) in [4.78, 5) is 13.9. The van der Waals surface area contributed by atoms with E-state index in [0.29, 0.717) is 32.4 Å². The normalized spacial score (nSPS) is 16.5. The fourth-order valence-electron chi connectivity index (χ4n) is 3.54. The zero-order chi connectivity index (χ0) is 18.5. The summed E-state index contributed by atoms with van der Waals surface area (Å²) in [6.07, 6.45) is 2.32. The highest BCUT2D eigenvalue weighted by Gasteiger charge is 2.30. The molecule has 0 radical (unpaired) electrons. The van der Waals surface area contributed by atoms with Gasteiger partial charge in [0.2, 0.25) is 0 Å². The van der Waals surface area contributed by atoms with Gasteiger partial charge in [0.05, 0.1) is 6.10 Å². The molecule has 2 aromatic rings. The van der Waals surface area contributed by atoms with Gasteiger partial charge in [0, 0.05) is 13.1 Å². The van der Waals surface area contributed by atoms with Crippen molar-refractivity contribution < 1.29 is 18.7 Å². The quantitative estimate of drug-likeness (QED) is 0.882. The molecule has 1 aliphatic heterocycles. The van der Waals surface area contributed by atoms with Crippen molar-refractivity contribution in [1.29, 1.82) is 0 Å². The number of carbonyl (C=O) groups excluding carboxylic acids is 1. The Morgan fingerprint density at radius 3 is 2.27 bits per heavy atom. The number of amides is 1. The molecule has 1 heterocycles. The summed E-state index contributed by atoms with van der Waals surface area (Å²) in [6, 6.07) is 13.4. The van der Waals surface area contributed by atoms with E-state index in [4.69, 9.17) is 0 Å². The van der Waals surface area contributed by atoms with Gasteiger partial charge in [0.15, 0.2) is 0 Å². The summed E-state index contributed by atoms with van der Waals surface area (Å²) in [5.41, 5.74) is 0.699. The highest BCUT2D eigenvalue weighted by Crippen LogP contribution is 2.25. The molecule has 1 fully saturated rings. The van der Waals surface area contributed by atoms with E-state index in [1.54, 1.807) is 0 Å². The number of nitrogens with zero attached hydrogens (tertiary/aromatic N) is 1. The van der Waals surface area contributed by atoms with Crippen LogP contribution in [0.25, 0.3) is 0 Å². The second-order valence-corrected chi connectivity index (χ2v) is 6.82. The number of hydrogen-bond donors (Lipinski definition) is 1. The van der Waals surface area contributed by atoms with E-state index in [1.165, 1.54) is 16.5 Å². The largest absolute Gasteiger partial charge is 0.393 e. The molecule has 1 aliphatic rings. The standard InChI is InChI=1S/C21H23F2NO2/c22-17-7-4-8-18(23)20(17)21(26)24-13-11-16(12-14-24)19(25)10-9-15-5-2-1-3-6-15/h1-8,16,19,25H,9-14H2/t19-/m1/s1. The number of benzene rings is 2. The molecule has 1 N–H and O–H groups in total. The minimum atomic E-state index is -0.833. The third-order valence-corrected chi connectivity index (χ3v) is 5.12. The molecule has 0 aliphatic carbocycles. The van der Waals surface area contributed by atoms with Gasteiger partial charge in [-0.15, -0.1) is 0 Å². The number of aliphatic hydroxyl groups excluding tert-OH is 1. The molecule has 26 heavy (non-hydrogen) atoms. The molecule has 0 aromatic heterocycles. The van der Waals surface area contributed by atoms with E-state index in [1.807, 2.05) is 30.3 Å². The van der Waals surface area contributed by atoms with Gasteiger partial charge in [-0.25, -0.2) is 8.78 Å². The molecular formula is C21H23F2NO2. The van der Waals surface area contributed by atoms with E-state index in [9.17, 15) is 18.7 Å². The summed E-state index contributed by atoms with van der Waals surface area (Å²) < 4.78 is 27.6. The first-order chi connectivity index (χ1) is 12.6. The van der Waals surface area contributed by atoms with Crippen molar-refractivity contribution in [3.05, 3.63) is 71.3 Å². The number of halogens is 2. The third kappa shape index (κ3) is 4.28. The van der Waals surface area contributed by atoms with Crippen molar-refractivity contribution >= 4 is 5.91 Å². The van der Waals surface area contributed by atoms with Crippen LogP contribution >= 0.6 is 0 Å². The Balaban J connectivity index is 1.53. The summed E-state index contributed by atoms with van der Waals surface area (Å²) in [5, 5.41) is 10.4. The fraction of sp³-hybridized carbons (Fsp3) is 0.381. The maximum Gasteiger partial charge on any atom is 0.259 e. The van der Waals surface area contributed by atoms with Crippen LogP contribution in [-0.2, 0) is 6.42 Å². The predicted molar refractivity (Wildman–Crippen MR) is 95.8 cm³/mol. The molecule has 0 spiro atoms. The summed E-state index contributed by atoms with van der Waals surface area (Å²) in [7, 11) is 0. The predicted octanol–water partition coefficient (Wildman–Crippen LogP) is 3.81. The Kier molecular flexibility index (Phi) is 5.99. The van der Waals surface area contributed by atoms with Crippen LogP contribution in [-0.4, -0.2) is 35.1 Å². The van der Waals surface area contributed by atoms with Gasteiger partial charge in [0.25, 0.3) is 5.91 Å². The van der Waals surface area contributed by atoms with Crippen molar-refractivity contribution in [3.63, 3.8) is 0 Å². The average molecular weight is 359 g/mol. The monoisotopic (exact) mass is 359 g/mol. The van der Waals surface area contributed by atoms with E-state index >= 15 is 0 Å². The van der Waals surface area contributed by atoms with Crippen molar-refractivity contribution in [1.82, 2.24) is 4.90 Å². The lowest BCUT2D eigenvalue weighted by Crippen LogP contribution is -2.42. The molecule has 3 rings (SSSR count). The molecule has 0 bridgehead atoms. The average Bonchev–Trinajstić information content (AvgIpc) is 2.67. The van der Waals surface area contributed by atoms with Crippen LogP contribution in [0.5, 0.6) is 0 Å². The van der Waals surface area contributed by atoms with Crippen molar-refractivity contribution in [2.45, 2.75) is 31.8 Å². The number of aliphatic hydroxyl groups is 1. The van der Waals surface area contributed by atoms with Crippen molar-refractivity contribution in [2.24, 2.45) is 5.92 Å². The Morgan fingerprint density at radius 2 is 1.65 bits per heavy atom. The smallest absolute Gasteiger partial charge is 0.259 e. The van der Waals surface area contributed by atoms with Crippen LogP contribution in [0.15, 0.2) is 48.5 Å². The van der Waals surface area contributed by atoms with E-state index in [2.05, 4.69) is 0 Å². The molecule has 0 unspecified atom stereocenters. The van der Waals surface area contributed by atoms with Crippen LogP contribution < -0.4 is 0 Å². The van der Waals surface area contributed by atoms with Gasteiger partial charge in [-0.3, -0.25) is 4.79 Å². The Hall–Kier alpha value is -2.27.